The Kier molecular flexibility index (Phi) is 4.11. The van der Waals surface area contributed by atoms with Gasteiger partial charge in [-0.25, -0.2) is 4.98 Å². The van der Waals surface area contributed by atoms with Crippen molar-refractivity contribution in [3.05, 3.63) is 60.6 Å². The quantitative estimate of drug-likeness (QED) is 0.798. The molecule has 0 atom stereocenters. The van der Waals surface area contributed by atoms with E-state index < -0.39 is 0 Å². The number of hydrogen-bond donors (Lipinski definition) is 1. The van der Waals surface area contributed by atoms with Crippen molar-refractivity contribution < 1.29 is 4.79 Å². The van der Waals surface area contributed by atoms with Gasteiger partial charge in [-0.05, 0) is 43.4 Å². The summed E-state index contributed by atoms with van der Waals surface area (Å²) in [6.45, 7) is 4.22. The summed E-state index contributed by atoms with van der Waals surface area (Å²) >= 11 is 0. The predicted molar refractivity (Wildman–Crippen MR) is 99.3 cm³/mol. The second kappa shape index (κ2) is 6.57. The third-order valence-electron chi connectivity index (χ3n) is 4.66. The number of aromatic nitrogens is 2. The number of piperazine rings is 1. The number of nitrogens with zero attached hydrogens (tertiary/aromatic N) is 4. The van der Waals surface area contributed by atoms with Gasteiger partial charge in [0.05, 0.1) is 5.56 Å². The molecule has 0 unspecified atom stereocenters. The van der Waals surface area contributed by atoms with E-state index in [0.29, 0.717) is 11.2 Å². The summed E-state index contributed by atoms with van der Waals surface area (Å²) in [4.78, 5) is 21.5. The molecule has 1 amide bonds. The molecule has 3 heterocycles. The van der Waals surface area contributed by atoms with Gasteiger partial charge < -0.3 is 19.5 Å². The summed E-state index contributed by atoms with van der Waals surface area (Å²) in [6.07, 6.45) is 5.40. The Balaban J connectivity index is 1.47. The number of carbonyl (C=O) groups excluding carboxylic acids is 1. The van der Waals surface area contributed by atoms with Crippen molar-refractivity contribution >= 4 is 22.9 Å². The van der Waals surface area contributed by atoms with E-state index in [4.69, 9.17) is 0 Å². The van der Waals surface area contributed by atoms with Crippen LogP contribution in [0.15, 0.2) is 55.0 Å². The Hall–Kier alpha value is -2.86. The van der Waals surface area contributed by atoms with Crippen LogP contribution in [0.5, 0.6) is 0 Å². The van der Waals surface area contributed by atoms with Crippen LogP contribution in [0.1, 0.15) is 10.4 Å². The number of carbonyl (C=O) groups is 1. The van der Waals surface area contributed by atoms with Crippen molar-refractivity contribution in [2.75, 3.05) is 43.4 Å². The van der Waals surface area contributed by atoms with Crippen LogP contribution in [0, 0.1) is 0 Å². The molecule has 1 aliphatic heterocycles. The molecular formula is C19H21N5O. The zero-order chi connectivity index (χ0) is 17.2. The third-order valence-corrected chi connectivity index (χ3v) is 4.66. The van der Waals surface area contributed by atoms with Gasteiger partial charge in [-0.1, -0.05) is 0 Å². The Morgan fingerprint density at radius 3 is 2.56 bits per heavy atom. The van der Waals surface area contributed by atoms with Gasteiger partial charge in [-0.15, -0.1) is 0 Å². The minimum absolute atomic E-state index is 0.149. The molecule has 6 heteroatoms. The topological polar surface area (TPSA) is 52.9 Å². The SMILES string of the molecule is CN1CCN(c2ccc(NC(=O)c3cccn4ccnc34)cc2)CC1. The van der Waals surface area contributed by atoms with Crippen LogP contribution in [0.3, 0.4) is 0 Å². The maximum Gasteiger partial charge on any atom is 0.259 e. The lowest BCUT2D eigenvalue weighted by Gasteiger charge is -2.34. The van der Waals surface area contributed by atoms with E-state index in [1.807, 2.05) is 35.0 Å². The predicted octanol–water partition coefficient (Wildman–Crippen LogP) is 2.34. The van der Waals surface area contributed by atoms with Gasteiger partial charge in [0.25, 0.3) is 5.91 Å². The molecule has 0 spiro atoms. The first-order valence-corrected chi connectivity index (χ1v) is 8.47. The first kappa shape index (κ1) is 15.7. The summed E-state index contributed by atoms with van der Waals surface area (Å²) < 4.78 is 1.84. The molecular weight excluding hydrogens is 314 g/mol. The smallest absolute Gasteiger partial charge is 0.259 e. The maximum atomic E-state index is 12.6. The molecule has 1 aromatic carbocycles. The third kappa shape index (κ3) is 3.21. The fourth-order valence-electron chi connectivity index (χ4n) is 3.14. The molecule has 1 N–H and O–H groups in total. The summed E-state index contributed by atoms with van der Waals surface area (Å²) in [5, 5.41) is 2.96. The number of hydrogen-bond acceptors (Lipinski definition) is 4. The maximum absolute atomic E-state index is 12.6. The van der Waals surface area contributed by atoms with E-state index in [-0.39, 0.29) is 5.91 Å². The zero-order valence-electron chi connectivity index (χ0n) is 14.2. The molecule has 1 fully saturated rings. The van der Waals surface area contributed by atoms with E-state index >= 15 is 0 Å². The monoisotopic (exact) mass is 335 g/mol. The van der Waals surface area contributed by atoms with Gasteiger partial charge in [0, 0.05) is 56.1 Å². The van der Waals surface area contributed by atoms with Crippen LogP contribution >= 0.6 is 0 Å². The fourth-order valence-corrected chi connectivity index (χ4v) is 3.14. The molecule has 2 aromatic heterocycles. The number of likely N-dealkylation sites (N-methyl/N-ethyl adjacent to an activating group) is 1. The average molecular weight is 335 g/mol. The molecule has 0 aliphatic carbocycles. The number of amides is 1. The highest BCUT2D eigenvalue weighted by Gasteiger charge is 2.15. The van der Waals surface area contributed by atoms with Crippen LogP contribution in [-0.2, 0) is 0 Å². The van der Waals surface area contributed by atoms with Gasteiger partial charge in [-0.3, -0.25) is 4.79 Å². The molecule has 0 bridgehead atoms. The first-order valence-electron chi connectivity index (χ1n) is 8.47. The average Bonchev–Trinajstić information content (AvgIpc) is 3.12. The van der Waals surface area contributed by atoms with Gasteiger partial charge in [0.15, 0.2) is 0 Å². The van der Waals surface area contributed by atoms with E-state index in [1.165, 1.54) is 5.69 Å². The van der Waals surface area contributed by atoms with Gasteiger partial charge in [-0.2, -0.15) is 0 Å². The first-order chi connectivity index (χ1) is 12.2. The minimum Gasteiger partial charge on any atom is -0.369 e. The minimum atomic E-state index is -0.149. The number of anilines is 2. The number of pyridine rings is 1. The molecule has 1 saturated heterocycles. The lowest BCUT2D eigenvalue weighted by molar-refractivity contribution is 0.102. The number of fused-ring (bicyclic) bond motifs is 1. The van der Waals surface area contributed by atoms with Crippen molar-refractivity contribution in [1.82, 2.24) is 14.3 Å². The zero-order valence-corrected chi connectivity index (χ0v) is 14.2. The molecule has 3 aromatic rings. The van der Waals surface area contributed by atoms with Crippen molar-refractivity contribution in [3.63, 3.8) is 0 Å². The van der Waals surface area contributed by atoms with E-state index in [9.17, 15) is 4.79 Å². The summed E-state index contributed by atoms with van der Waals surface area (Å²) in [5.74, 6) is -0.149. The largest absolute Gasteiger partial charge is 0.369 e. The van der Waals surface area contributed by atoms with Crippen molar-refractivity contribution in [2.45, 2.75) is 0 Å². The van der Waals surface area contributed by atoms with Gasteiger partial charge >= 0.3 is 0 Å². The van der Waals surface area contributed by atoms with E-state index in [0.717, 1.165) is 31.9 Å². The van der Waals surface area contributed by atoms with Crippen molar-refractivity contribution in [3.8, 4) is 0 Å². The molecule has 128 valence electrons. The second-order valence-electron chi connectivity index (χ2n) is 6.37. The summed E-state index contributed by atoms with van der Waals surface area (Å²) in [6, 6.07) is 11.7. The molecule has 1 aliphatic rings. The van der Waals surface area contributed by atoms with Crippen LogP contribution < -0.4 is 10.2 Å². The van der Waals surface area contributed by atoms with Crippen molar-refractivity contribution in [2.24, 2.45) is 0 Å². The second-order valence-corrected chi connectivity index (χ2v) is 6.37. The highest BCUT2D eigenvalue weighted by Crippen LogP contribution is 2.20. The van der Waals surface area contributed by atoms with Crippen molar-refractivity contribution in [1.29, 1.82) is 0 Å². The number of imidazole rings is 1. The van der Waals surface area contributed by atoms with Gasteiger partial charge in [0.2, 0.25) is 0 Å². The number of nitrogens with one attached hydrogen (secondary N) is 1. The summed E-state index contributed by atoms with van der Waals surface area (Å²) in [7, 11) is 2.15. The lowest BCUT2D eigenvalue weighted by Crippen LogP contribution is -2.44. The molecule has 0 radical (unpaired) electrons. The highest BCUT2D eigenvalue weighted by atomic mass is 16.1. The molecule has 6 nitrogen and oxygen atoms in total. The fraction of sp³-hybridized carbons (Fsp3) is 0.263. The summed E-state index contributed by atoms with van der Waals surface area (Å²) in [5.41, 5.74) is 3.21. The molecule has 25 heavy (non-hydrogen) atoms. The van der Waals surface area contributed by atoms with Crippen LogP contribution in [0.2, 0.25) is 0 Å². The normalized spacial score (nSPS) is 15.5. The Bertz CT molecular complexity index is 878. The van der Waals surface area contributed by atoms with Gasteiger partial charge in [0.1, 0.15) is 5.65 Å². The number of rotatable bonds is 3. The van der Waals surface area contributed by atoms with E-state index in [1.54, 1.807) is 12.3 Å². The Morgan fingerprint density at radius 2 is 1.80 bits per heavy atom. The van der Waals surface area contributed by atoms with Crippen LogP contribution in [0.25, 0.3) is 5.65 Å². The number of benzene rings is 1. The molecule has 0 saturated carbocycles. The standard InChI is InChI=1S/C19H21N5O/c1-22-11-13-23(14-12-22)16-6-4-15(5-7-16)21-19(25)17-3-2-9-24-10-8-20-18(17)24/h2-10H,11-14H2,1H3,(H,21,25). The Labute approximate surface area is 146 Å². The van der Waals surface area contributed by atoms with E-state index in [2.05, 4.69) is 39.3 Å². The van der Waals surface area contributed by atoms with Crippen LogP contribution in [0.4, 0.5) is 11.4 Å². The lowest BCUT2D eigenvalue weighted by atomic mass is 10.2. The molecule has 4 rings (SSSR count). The Morgan fingerprint density at radius 1 is 1.04 bits per heavy atom. The highest BCUT2D eigenvalue weighted by molar-refractivity contribution is 6.08. The van der Waals surface area contributed by atoms with Crippen LogP contribution in [-0.4, -0.2) is 53.4 Å².